The Balaban J connectivity index is 0.000000759. The van der Waals surface area contributed by atoms with E-state index in [2.05, 4.69) is 51.2 Å². The minimum atomic E-state index is -1.15. The Bertz CT molecular complexity index is 782. The van der Waals surface area contributed by atoms with E-state index in [0.717, 1.165) is 11.9 Å². The third-order valence-electron chi connectivity index (χ3n) is 5.13. The molecule has 0 amide bonds. The van der Waals surface area contributed by atoms with E-state index >= 15 is 0 Å². The summed E-state index contributed by atoms with van der Waals surface area (Å²) in [5.74, 6) is -2.27. The number of carboxylic acids is 2. The molecule has 0 heterocycles. The van der Waals surface area contributed by atoms with Crippen LogP contribution in [0.5, 0.6) is 0 Å². The molecule has 0 unspecified atom stereocenters. The van der Waals surface area contributed by atoms with Crippen LogP contribution in [0.25, 0.3) is 0 Å². The second-order valence-corrected chi connectivity index (χ2v) is 8.36. The maximum absolute atomic E-state index is 10.3. The van der Waals surface area contributed by atoms with Gasteiger partial charge in [-0.25, -0.2) is 0 Å². The number of allylic oxidation sites excluding steroid dienone is 10. The molecule has 3 N–H and O–H groups in total. The van der Waals surface area contributed by atoms with Gasteiger partial charge in [-0.15, -0.1) is 0 Å². The summed E-state index contributed by atoms with van der Waals surface area (Å²) < 4.78 is 0. The lowest BCUT2D eigenvalue weighted by molar-refractivity contribution is -0.145. The average molecular weight is 432 g/mol. The Kier molecular flexibility index (Phi) is 13.0. The molecule has 31 heavy (non-hydrogen) atoms. The number of carbonyl (C=O) groups excluding carboxylic acids is 1. The van der Waals surface area contributed by atoms with E-state index < -0.39 is 24.4 Å². The molecule has 0 aromatic heterocycles. The fraction of sp³-hybridized carbons (Fsp3) is 0.480. The molecule has 1 rings (SSSR count). The van der Waals surface area contributed by atoms with Crippen LogP contribution in [-0.4, -0.2) is 41.5 Å². The number of nitrogens with one attached hydrogen (secondary N) is 1. The number of likely N-dealkylation sites (N-methyl/N-ethyl adjacent to an activating group) is 1. The van der Waals surface area contributed by atoms with Crippen molar-refractivity contribution in [1.82, 2.24) is 5.32 Å². The molecule has 0 aromatic carbocycles. The summed E-state index contributed by atoms with van der Waals surface area (Å²) in [6.45, 7) is 10.9. The van der Waals surface area contributed by atoms with Crippen LogP contribution in [0.2, 0.25) is 0 Å². The van der Waals surface area contributed by atoms with Gasteiger partial charge in [-0.2, -0.15) is 0 Å². The highest BCUT2D eigenvalue weighted by molar-refractivity contribution is 5.80. The minimum Gasteiger partial charge on any atom is -0.481 e. The van der Waals surface area contributed by atoms with Crippen LogP contribution < -0.4 is 5.32 Å². The smallest absolute Gasteiger partial charge is 0.321 e. The molecular formula is C25H37NO5. The first-order valence-corrected chi connectivity index (χ1v) is 10.4. The Morgan fingerprint density at radius 3 is 2.19 bits per heavy atom. The number of rotatable bonds is 9. The SMILES string of the molecule is CC(C=CC=C(C)C=CC1=C(C)CCCC1(C)C)=CC=O.CN[C@H](CC(=O)O)C(=O)O. The van der Waals surface area contributed by atoms with E-state index in [4.69, 9.17) is 10.2 Å². The van der Waals surface area contributed by atoms with Crippen molar-refractivity contribution in [3.8, 4) is 0 Å². The summed E-state index contributed by atoms with van der Waals surface area (Å²) in [7, 11) is 1.40. The van der Waals surface area contributed by atoms with Crippen molar-refractivity contribution in [2.24, 2.45) is 5.41 Å². The van der Waals surface area contributed by atoms with Gasteiger partial charge in [-0.05, 0) is 69.7 Å². The lowest BCUT2D eigenvalue weighted by Gasteiger charge is -2.32. The Hall–Kier alpha value is -2.73. The molecule has 0 bridgehead atoms. The average Bonchev–Trinajstić information content (AvgIpc) is 2.65. The summed E-state index contributed by atoms with van der Waals surface area (Å²) in [4.78, 5) is 30.4. The van der Waals surface area contributed by atoms with E-state index in [9.17, 15) is 14.4 Å². The van der Waals surface area contributed by atoms with Crippen molar-refractivity contribution in [2.75, 3.05) is 7.05 Å². The number of hydrogen-bond acceptors (Lipinski definition) is 4. The summed E-state index contributed by atoms with van der Waals surface area (Å²) in [5.41, 5.74) is 5.48. The molecule has 1 aliphatic rings. The van der Waals surface area contributed by atoms with Gasteiger partial charge in [-0.3, -0.25) is 14.4 Å². The first kappa shape index (κ1) is 28.3. The highest BCUT2D eigenvalue weighted by atomic mass is 16.4. The summed E-state index contributed by atoms with van der Waals surface area (Å²) in [6.07, 6.45) is 16.3. The molecule has 0 fully saturated rings. The van der Waals surface area contributed by atoms with Crippen molar-refractivity contribution in [2.45, 2.75) is 66.3 Å². The quantitative estimate of drug-likeness (QED) is 0.274. The minimum absolute atomic E-state index is 0.290. The zero-order chi connectivity index (χ0) is 24.0. The Labute approximate surface area is 186 Å². The summed E-state index contributed by atoms with van der Waals surface area (Å²) >= 11 is 0. The van der Waals surface area contributed by atoms with E-state index in [1.165, 1.54) is 43.0 Å². The van der Waals surface area contributed by atoms with Crippen molar-refractivity contribution in [1.29, 1.82) is 0 Å². The van der Waals surface area contributed by atoms with Gasteiger partial charge in [-0.1, -0.05) is 55.4 Å². The lowest BCUT2D eigenvalue weighted by atomic mass is 9.72. The molecule has 1 atom stereocenters. The van der Waals surface area contributed by atoms with Gasteiger partial charge in [0.05, 0.1) is 6.42 Å². The van der Waals surface area contributed by atoms with Crippen LogP contribution in [0, 0.1) is 5.41 Å². The van der Waals surface area contributed by atoms with Gasteiger partial charge >= 0.3 is 11.9 Å². The van der Waals surface area contributed by atoms with Gasteiger partial charge in [0.1, 0.15) is 12.3 Å². The van der Waals surface area contributed by atoms with Crippen molar-refractivity contribution < 1.29 is 24.6 Å². The van der Waals surface area contributed by atoms with Gasteiger partial charge < -0.3 is 15.5 Å². The molecule has 172 valence electrons. The van der Waals surface area contributed by atoms with Crippen LogP contribution in [0.3, 0.4) is 0 Å². The fourth-order valence-electron chi connectivity index (χ4n) is 3.28. The number of aldehydes is 1. The lowest BCUT2D eigenvalue weighted by Crippen LogP contribution is -2.35. The van der Waals surface area contributed by atoms with Crippen LogP contribution in [-0.2, 0) is 14.4 Å². The molecule has 0 aliphatic heterocycles. The standard InChI is InChI=1S/C20H28O.C5H9NO4/c1-16(8-6-9-17(2)13-15-21)11-12-19-18(3)10-7-14-20(19,4)5;1-6-3(5(9)10)2-4(7)8/h6,8-9,11-13,15H,7,10,14H2,1-5H3;3,6H,2H2,1H3,(H,7,8)(H,9,10)/t;3-/m.1/s1. The van der Waals surface area contributed by atoms with Crippen LogP contribution >= 0.6 is 0 Å². The van der Waals surface area contributed by atoms with Crippen molar-refractivity contribution >= 4 is 18.2 Å². The largest absolute Gasteiger partial charge is 0.481 e. The van der Waals surface area contributed by atoms with Gasteiger partial charge in [0.25, 0.3) is 0 Å². The summed E-state index contributed by atoms with van der Waals surface area (Å²) in [6, 6.07) is -0.988. The molecule has 0 saturated carbocycles. The van der Waals surface area contributed by atoms with Crippen LogP contribution in [0.4, 0.5) is 0 Å². The predicted octanol–water partition coefficient (Wildman–Crippen LogP) is 4.85. The van der Waals surface area contributed by atoms with Crippen LogP contribution in [0.1, 0.15) is 60.3 Å². The molecule has 0 spiro atoms. The summed E-state index contributed by atoms with van der Waals surface area (Å²) in [5, 5.41) is 18.8. The first-order chi connectivity index (χ1) is 14.4. The van der Waals surface area contributed by atoms with E-state index in [-0.39, 0.29) is 5.41 Å². The molecule has 0 aromatic rings. The zero-order valence-electron chi connectivity index (χ0n) is 19.6. The number of carboxylic acid groups (broad SMARTS) is 2. The zero-order valence-corrected chi connectivity index (χ0v) is 19.6. The highest BCUT2D eigenvalue weighted by Crippen LogP contribution is 2.40. The predicted molar refractivity (Wildman–Crippen MR) is 125 cm³/mol. The van der Waals surface area contributed by atoms with Gasteiger partial charge in [0.15, 0.2) is 0 Å². The molecule has 6 heteroatoms. The van der Waals surface area contributed by atoms with E-state index in [1.54, 1.807) is 6.08 Å². The Morgan fingerprint density at radius 2 is 1.74 bits per heavy atom. The van der Waals surface area contributed by atoms with E-state index in [1.807, 2.05) is 19.1 Å². The third-order valence-corrected chi connectivity index (χ3v) is 5.13. The Morgan fingerprint density at radius 1 is 1.13 bits per heavy atom. The second kappa shape index (κ2) is 14.3. The topological polar surface area (TPSA) is 104 Å². The number of carbonyl (C=O) groups is 3. The maximum Gasteiger partial charge on any atom is 0.321 e. The molecule has 1 aliphatic carbocycles. The number of aliphatic carboxylic acids is 2. The van der Waals surface area contributed by atoms with Crippen molar-refractivity contribution in [3.05, 3.63) is 58.7 Å². The monoisotopic (exact) mass is 431 g/mol. The van der Waals surface area contributed by atoms with Crippen LogP contribution in [0.15, 0.2) is 58.7 Å². The molecule has 0 radical (unpaired) electrons. The number of hydrogen-bond donors (Lipinski definition) is 3. The first-order valence-electron chi connectivity index (χ1n) is 10.4. The second-order valence-electron chi connectivity index (χ2n) is 8.36. The van der Waals surface area contributed by atoms with Gasteiger partial charge in [0.2, 0.25) is 0 Å². The normalized spacial score (nSPS) is 18.0. The maximum atomic E-state index is 10.3. The van der Waals surface area contributed by atoms with Gasteiger partial charge in [0, 0.05) is 0 Å². The molecule has 6 nitrogen and oxygen atoms in total. The van der Waals surface area contributed by atoms with E-state index in [0.29, 0.717) is 0 Å². The molecular weight excluding hydrogens is 394 g/mol. The highest BCUT2D eigenvalue weighted by Gasteiger charge is 2.26. The van der Waals surface area contributed by atoms with Crippen molar-refractivity contribution in [3.63, 3.8) is 0 Å². The molecule has 0 saturated heterocycles. The fourth-order valence-corrected chi connectivity index (χ4v) is 3.28. The third kappa shape index (κ3) is 11.9.